The van der Waals surface area contributed by atoms with Crippen molar-refractivity contribution in [2.24, 2.45) is 5.92 Å². The molecule has 1 atom stereocenters. The molecule has 0 bridgehead atoms. The minimum atomic E-state index is 0.0984. The third-order valence-electron chi connectivity index (χ3n) is 5.17. The number of carbonyl (C=O) groups excluding carboxylic acids is 1. The van der Waals surface area contributed by atoms with Gasteiger partial charge in [0, 0.05) is 36.1 Å². The summed E-state index contributed by atoms with van der Waals surface area (Å²) in [6.45, 7) is 7.89. The Kier molecular flexibility index (Phi) is 4.47. The highest BCUT2D eigenvalue weighted by molar-refractivity contribution is 6.30. The van der Waals surface area contributed by atoms with Crippen molar-refractivity contribution in [3.63, 3.8) is 0 Å². The van der Waals surface area contributed by atoms with E-state index in [1.165, 1.54) is 18.4 Å². The van der Waals surface area contributed by atoms with Gasteiger partial charge in [-0.1, -0.05) is 37.6 Å². The first kappa shape index (κ1) is 15.8. The van der Waals surface area contributed by atoms with Gasteiger partial charge in [-0.3, -0.25) is 9.69 Å². The van der Waals surface area contributed by atoms with Crippen LogP contribution in [0.25, 0.3) is 0 Å². The van der Waals surface area contributed by atoms with Crippen LogP contribution in [0.5, 0.6) is 0 Å². The summed E-state index contributed by atoms with van der Waals surface area (Å²) < 4.78 is 0. The van der Waals surface area contributed by atoms with E-state index >= 15 is 0 Å². The number of benzene rings is 1. The average Bonchev–Trinajstić information content (AvgIpc) is 3.09. The molecule has 1 unspecified atom stereocenters. The summed E-state index contributed by atoms with van der Waals surface area (Å²) in [4.78, 5) is 16.9. The number of nitrogens with zero attached hydrogens (tertiary/aromatic N) is 2. The van der Waals surface area contributed by atoms with E-state index in [9.17, 15) is 4.79 Å². The fourth-order valence-electron chi connectivity index (χ4n) is 3.92. The molecule has 1 spiro atoms. The van der Waals surface area contributed by atoms with Gasteiger partial charge in [0.2, 0.25) is 5.91 Å². The lowest BCUT2D eigenvalue weighted by Crippen LogP contribution is -2.46. The quantitative estimate of drug-likeness (QED) is 0.850. The van der Waals surface area contributed by atoms with Crippen molar-refractivity contribution in [3.05, 3.63) is 34.9 Å². The van der Waals surface area contributed by atoms with Crippen LogP contribution in [-0.2, 0) is 11.3 Å². The molecule has 3 nitrogen and oxygen atoms in total. The maximum atomic E-state index is 12.3. The lowest BCUT2D eigenvalue weighted by Gasteiger charge is -2.35. The van der Waals surface area contributed by atoms with Crippen molar-refractivity contribution in [1.29, 1.82) is 0 Å². The number of amides is 1. The van der Waals surface area contributed by atoms with Crippen LogP contribution in [0, 0.1) is 5.92 Å². The number of hydrogen-bond acceptors (Lipinski definition) is 2. The van der Waals surface area contributed by atoms with Crippen molar-refractivity contribution in [2.45, 2.75) is 45.2 Å². The van der Waals surface area contributed by atoms with Gasteiger partial charge in [0.1, 0.15) is 0 Å². The summed E-state index contributed by atoms with van der Waals surface area (Å²) in [5.74, 6) is 0.400. The van der Waals surface area contributed by atoms with Gasteiger partial charge in [0.25, 0.3) is 0 Å². The van der Waals surface area contributed by atoms with Crippen LogP contribution in [-0.4, -0.2) is 40.9 Å². The summed E-state index contributed by atoms with van der Waals surface area (Å²) >= 11 is 5.97. The molecule has 4 heteroatoms. The maximum Gasteiger partial charge on any atom is 0.225 e. The number of carbonyl (C=O) groups is 1. The maximum absolute atomic E-state index is 12.3. The lowest BCUT2D eigenvalue weighted by atomic mass is 9.94. The molecule has 2 aliphatic rings. The smallest absolute Gasteiger partial charge is 0.225 e. The van der Waals surface area contributed by atoms with Crippen LogP contribution in [0.1, 0.15) is 38.7 Å². The summed E-state index contributed by atoms with van der Waals surface area (Å²) in [5, 5.41) is 0.787. The van der Waals surface area contributed by atoms with Crippen molar-refractivity contribution >= 4 is 17.5 Å². The minimum Gasteiger partial charge on any atom is -0.341 e. The van der Waals surface area contributed by atoms with Crippen molar-refractivity contribution in [2.75, 3.05) is 19.6 Å². The third-order valence-corrected chi connectivity index (χ3v) is 5.42. The molecule has 0 aromatic heterocycles. The molecule has 1 aromatic rings. The zero-order valence-corrected chi connectivity index (χ0v) is 14.3. The fourth-order valence-corrected chi connectivity index (χ4v) is 4.05. The van der Waals surface area contributed by atoms with Gasteiger partial charge < -0.3 is 4.90 Å². The number of hydrogen-bond donors (Lipinski definition) is 0. The van der Waals surface area contributed by atoms with Crippen LogP contribution in [0.4, 0.5) is 0 Å². The fraction of sp³-hybridized carbons (Fsp3) is 0.611. The number of halogens is 1. The first-order valence-electron chi connectivity index (χ1n) is 8.28. The first-order chi connectivity index (χ1) is 10.5. The van der Waals surface area contributed by atoms with Crippen LogP contribution < -0.4 is 0 Å². The predicted molar refractivity (Wildman–Crippen MR) is 89.9 cm³/mol. The SMILES string of the molecule is CC(C)C(=O)N1CCC2(CCCN2Cc2ccc(Cl)cc2)C1. The molecule has 0 aliphatic carbocycles. The highest BCUT2D eigenvalue weighted by Crippen LogP contribution is 2.39. The Balaban J connectivity index is 1.70. The second-order valence-corrected chi connectivity index (χ2v) is 7.48. The van der Waals surface area contributed by atoms with Gasteiger partial charge in [0.05, 0.1) is 0 Å². The molecule has 0 radical (unpaired) electrons. The van der Waals surface area contributed by atoms with E-state index in [1.54, 1.807) is 0 Å². The number of rotatable bonds is 3. The van der Waals surface area contributed by atoms with Gasteiger partial charge in [-0.15, -0.1) is 0 Å². The standard InChI is InChI=1S/C18H25ClN2O/c1-14(2)17(22)20-11-9-18(13-20)8-3-10-21(18)12-15-4-6-16(19)7-5-15/h4-7,14H,3,8-13H2,1-2H3. The monoisotopic (exact) mass is 320 g/mol. The Morgan fingerprint density at radius 1 is 1.23 bits per heavy atom. The lowest BCUT2D eigenvalue weighted by molar-refractivity contribution is -0.133. The van der Waals surface area contributed by atoms with Crippen molar-refractivity contribution < 1.29 is 4.79 Å². The molecule has 2 saturated heterocycles. The molecular weight excluding hydrogens is 296 g/mol. The largest absolute Gasteiger partial charge is 0.341 e. The molecule has 0 saturated carbocycles. The molecule has 3 rings (SSSR count). The van der Waals surface area contributed by atoms with E-state index in [2.05, 4.69) is 21.9 Å². The Bertz CT molecular complexity index is 543. The van der Waals surface area contributed by atoms with Gasteiger partial charge in [0.15, 0.2) is 0 Å². The second kappa shape index (κ2) is 6.21. The Labute approximate surface area is 138 Å². The summed E-state index contributed by atoms with van der Waals surface area (Å²) in [5.41, 5.74) is 1.50. The molecule has 120 valence electrons. The number of likely N-dealkylation sites (tertiary alicyclic amines) is 2. The Hall–Kier alpha value is -1.06. The van der Waals surface area contributed by atoms with E-state index in [4.69, 9.17) is 11.6 Å². The Morgan fingerprint density at radius 3 is 2.64 bits per heavy atom. The molecule has 22 heavy (non-hydrogen) atoms. The molecule has 1 aromatic carbocycles. The summed E-state index contributed by atoms with van der Waals surface area (Å²) in [6.07, 6.45) is 3.55. The Morgan fingerprint density at radius 2 is 1.95 bits per heavy atom. The molecule has 2 fully saturated rings. The molecule has 1 amide bonds. The predicted octanol–water partition coefficient (Wildman–Crippen LogP) is 3.56. The van der Waals surface area contributed by atoms with Crippen LogP contribution in [0.3, 0.4) is 0 Å². The van der Waals surface area contributed by atoms with Crippen molar-refractivity contribution in [3.8, 4) is 0 Å². The minimum absolute atomic E-state index is 0.0984. The summed E-state index contributed by atoms with van der Waals surface area (Å²) in [6, 6.07) is 8.15. The topological polar surface area (TPSA) is 23.6 Å². The van der Waals surface area contributed by atoms with E-state index in [0.717, 1.165) is 37.6 Å². The van der Waals surface area contributed by atoms with Crippen molar-refractivity contribution in [1.82, 2.24) is 9.80 Å². The van der Waals surface area contributed by atoms with Gasteiger partial charge in [-0.2, -0.15) is 0 Å². The van der Waals surface area contributed by atoms with Gasteiger partial charge >= 0.3 is 0 Å². The average molecular weight is 321 g/mol. The molecule has 2 heterocycles. The highest BCUT2D eigenvalue weighted by atomic mass is 35.5. The van der Waals surface area contributed by atoms with Gasteiger partial charge in [-0.05, 0) is 43.5 Å². The third kappa shape index (κ3) is 3.02. The molecular formula is C18H25ClN2O. The van der Waals surface area contributed by atoms with E-state index in [0.29, 0.717) is 5.91 Å². The summed E-state index contributed by atoms with van der Waals surface area (Å²) in [7, 11) is 0. The second-order valence-electron chi connectivity index (χ2n) is 7.04. The zero-order chi connectivity index (χ0) is 15.7. The van der Waals surface area contributed by atoms with Crippen LogP contribution in [0.15, 0.2) is 24.3 Å². The van der Waals surface area contributed by atoms with Gasteiger partial charge in [-0.25, -0.2) is 0 Å². The van der Waals surface area contributed by atoms with Crippen LogP contribution >= 0.6 is 11.6 Å². The van der Waals surface area contributed by atoms with E-state index in [1.807, 2.05) is 26.0 Å². The molecule has 0 N–H and O–H groups in total. The first-order valence-corrected chi connectivity index (χ1v) is 8.66. The highest BCUT2D eigenvalue weighted by Gasteiger charge is 2.47. The van der Waals surface area contributed by atoms with E-state index in [-0.39, 0.29) is 11.5 Å². The zero-order valence-electron chi connectivity index (χ0n) is 13.5. The normalized spacial score (nSPS) is 25.5. The van der Waals surface area contributed by atoms with Crippen LogP contribution in [0.2, 0.25) is 5.02 Å². The molecule has 2 aliphatic heterocycles. The van der Waals surface area contributed by atoms with E-state index < -0.39 is 0 Å².